The van der Waals surface area contributed by atoms with Gasteiger partial charge in [0.05, 0.1) is 6.42 Å². The van der Waals surface area contributed by atoms with E-state index < -0.39 is 0 Å². The van der Waals surface area contributed by atoms with Crippen molar-refractivity contribution in [2.24, 2.45) is 5.41 Å². The zero-order valence-corrected chi connectivity index (χ0v) is 16.9. The molecule has 0 N–H and O–H groups in total. The van der Waals surface area contributed by atoms with Crippen LogP contribution in [0, 0.1) is 11.2 Å². The van der Waals surface area contributed by atoms with Gasteiger partial charge in [-0.25, -0.2) is 4.39 Å². The van der Waals surface area contributed by atoms with E-state index >= 15 is 0 Å². The number of hydrogen-bond acceptors (Lipinski definition) is 3. The molecule has 0 radical (unpaired) electrons. The van der Waals surface area contributed by atoms with E-state index in [1.54, 1.807) is 12.1 Å². The van der Waals surface area contributed by atoms with Gasteiger partial charge in [0, 0.05) is 31.6 Å². The second-order valence-electron chi connectivity index (χ2n) is 8.41. The van der Waals surface area contributed by atoms with Gasteiger partial charge in [-0.05, 0) is 55.6 Å². The Labute approximate surface area is 172 Å². The highest BCUT2D eigenvalue weighted by atomic mass is 19.1. The molecule has 1 atom stereocenters. The van der Waals surface area contributed by atoms with Crippen LogP contribution < -0.4 is 4.74 Å². The summed E-state index contributed by atoms with van der Waals surface area (Å²) < 4.78 is 18.9. The number of likely N-dealkylation sites (tertiary alicyclic amines) is 2. The van der Waals surface area contributed by atoms with Crippen LogP contribution in [0.1, 0.15) is 24.8 Å². The Morgan fingerprint density at radius 1 is 1.00 bits per heavy atom. The molecule has 29 heavy (non-hydrogen) atoms. The van der Waals surface area contributed by atoms with Crippen LogP contribution in [-0.2, 0) is 11.2 Å². The van der Waals surface area contributed by atoms with Gasteiger partial charge >= 0.3 is 0 Å². The highest BCUT2D eigenvalue weighted by molar-refractivity contribution is 5.79. The summed E-state index contributed by atoms with van der Waals surface area (Å²) in [5, 5.41) is 0. The van der Waals surface area contributed by atoms with E-state index in [0.717, 1.165) is 50.5 Å². The molecule has 4 nitrogen and oxygen atoms in total. The van der Waals surface area contributed by atoms with Gasteiger partial charge in [-0.15, -0.1) is 0 Å². The van der Waals surface area contributed by atoms with Gasteiger partial charge in [0.25, 0.3) is 0 Å². The van der Waals surface area contributed by atoms with Crippen molar-refractivity contribution in [2.45, 2.75) is 25.7 Å². The first-order valence-electron chi connectivity index (χ1n) is 10.5. The van der Waals surface area contributed by atoms with Gasteiger partial charge in [-0.3, -0.25) is 9.69 Å². The summed E-state index contributed by atoms with van der Waals surface area (Å²) >= 11 is 0. The van der Waals surface area contributed by atoms with Crippen molar-refractivity contribution in [1.82, 2.24) is 9.80 Å². The van der Waals surface area contributed by atoms with E-state index in [2.05, 4.69) is 4.90 Å². The largest absolute Gasteiger partial charge is 0.492 e. The maximum atomic E-state index is 13.1. The molecule has 0 bridgehead atoms. The van der Waals surface area contributed by atoms with Crippen LogP contribution in [0.25, 0.3) is 0 Å². The summed E-state index contributed by atoms with van der Waals surface area (Å²) in [7, 11) is 0. The molecule has 0 unspecified atom stereocenters. The molecule has 2 aliphatic heterocycles. The molecule has 0 aliphatic carbocycles. The van der Waals surface area contributed by atoms with Gasteiger partial charge in [-0.1, -0.05) is 30.3 Å². The molecule has 0 saturated carbocycles. The fourth-order valence-corrected chi connectivity index (χ4v) is 4.68. The van der Waals surface area contributed by atoms with Crippen LogP contribution in [0.2, 0.25) is 0 Å². The van der Waals surface area contributed by atoms with Crippen LogP contribution >= 0.6 is 0 Å². The van der Waals surface area contributed by atoms with Gasteiger partial charge < -0.3 is 9.64 Å². The summed E-state index contributed by atoms with van der Waals surface area (Å²) in [6, 6.07) is 16.2. The van der Waals surface area contributed by atoms with E-state index in [-0.39, 0.29) is 17.1 Å². The minimum Gasteiger partial charge on any atom is -0.492 e. The Bertz CT molecular complexity index is 811. The van der Waals surface area contributed by atoms with Crippen molar-refractivity contribution in [3.05, 3.63) is 66.0 Å². The minimum atomic E-state index is -0.264. The molecular formula is C24H29FN2O2. The van der Waals surface area contributed by atoms with E-state index in [1.807, 2.05) is 35.2 Å². The van der Waals surface area contributed by atoms with E-state index in [9.17, 15) is 9.18 Å². The number of piperidine rings is 1. The first kappa shape index (κ1) is 19.9. The van der Waals surface area contributed by atoms with Gasteiger partial charge in [0.1, 0.15) is 18.2 Å². The van der Waals surface area contributed by atoms with E-state index in [1.165, 1.54) is 25.0 Å². The molecule has 4 rings (SSSR count). The average molecular weight is 397 g/mol. The number of ether oxygens (including phenoxy) is 1. The lowest BCUT2D eigenvalue weighted by molar-refractivity contribution is -0.130. The number of carbonyl (C=O) groups is 1. The molecule has 2 aromatic carbocycles. The van der Waals surface area contributed by atoms with Crippen molar-refractivity contribution in [3.8, 4) is 5.75 Å². The van der Waals surface area contributed by atoms with Crippen molar-refractivity contribution in [3.63, 3.8) is 0 Å². The number of amides is 1. The fourth-order valence-electron chi connectivity index (χ4n) is 4.68. The summed E-state index contributed by atoms with van der Waals surface area (Å²) in [6.07, 6.45) is 3.78. The number of halogens is 1. The summed E-state index contributed by atoms with van der Waals surface area (Å²) in [5.41, 5.74) is 1.09. The van der Waals surface area contributed by atoms with Crippen LogP contribution in [0.3, 0.4) is 0 Å². The maximum absolute atomic E-state index is 13.1. The molecular weight excluding hydrogens is 367 g/mol. The van der Waals surface area contributed by atoms with Crippen LogP contribution in [0.4, 0.5) is 4.39 Å². The second kappa shape index (κ2) is 8.95. The second-order valence-corrected chi connectivity index (χ2v) is 8.41. The molecule has 2 saturated heterocycles. The number of nitrogens with zero attached hydrogens (tertiary/aromatic N) is 2. The number of carbonyl (C=O) groups excluding carboxylic acids is 1. The molecule has 2 fully saturated rings. The third-order valence-corrected chi connectivity index (χ3v) is 6.22. The SMILES string of the molecule is O=C(Cc1ccc(F)cc1)N1CC[C@@]2(CCCN(CCOc3ccccc3)C2)C1. The van der Waals surface area contributed by atoms with Crippen LogP contribution in [0.5, 0.6) is 5.75 Å². The van der Waals surface area contributed by atoms with Crippen molar-refractivity contribution >= 4 is 5.91 Å². The predicted molar refractivity (Wildman–Crippen MR) is 111 cm³/mol. The Kier molecular flexibility index (Phi) is 6.14. The summed E-state index contributed by atoms with van der Waals surface area (Å²) in [5.74, 6) is 0.801. The minimum absolute atomic E-state index is 0.151. The highest BCUT2D eigenvalue weighted by Gasteiger charge is 2.42. The average Bonchev–Trinajstić information content (AvgIpc) is 3.14. The van der Waals surface area contributed by atoms with E-state index in [0.29, 0.717) is 13.0 Å². The lowest BCUT2D eigenvalue weighted by atomic mass is 9.79. The molecule has 2 heterocycles. The van der Waals surface area contributed by atoms with Crippen molar-refractivity contribution in [2.75, 3.05) is 39.3 Å². The Hall–Kier alpha value is -2.40. The number of para-hydroxylation sites is 1. The van der Waals surface area contributed by atoms with Crippen LogP contribution in [-0.4, -0.2) is 55.0 Å². The highest BCUT2D eigenvalue weighted by Crippen LogP contribution is 2.39. The van der Waals surface area contributed by atoms with Gasteiger partial charge in [0.2, 0.25) is 5.91 Å². The maximum Gasteiger partial charge on any atom is 0.227 e. The summed E-state index contributed by atoms with van der Waals surface area (Å²) in [6.45, 7) is 5.40. The van der Waals surface area contributed by atoms with Crippen molar-refractivity contribution < 1.29 is 13.9 Å². The Morgan fingerprint density at radius 2 is 1.79 bits per heavy atom. The molecule has 5 heteroatoms. The standard InChI is InChI=1S/C24H29FN2O2/c25-21-9-7-20(8-10-21)17-23(28)27-14-12-24(19-27)11-4-13-26(18-24)15-16-29-22-5-2-1-3-6-22/h1-3,5-10H,4,11-19H2/t24-/m1/s1. The number of rotatable bonds is 6. The zero-order valence-electron chi connectivity index (χ0n) is 16.9. The number of hydrogen-bond donors (Lipinski definition) is 0. The lowest BCUT2D eigenvalue weighted by Crippen LogP contribution is -2.46. The first-order valence-corrected chi connectivity index (χ1v) is 10.5. The van der Waals surface area contributed by atoms with Crippen LogP contribution in [0.15, 0.2) is 54.6 Å². The quantitative estimate of drug-likeness (QED) is 0.745. The van der Waals surface area contributed by atoms with Gasteiger partial charge in [0.15, 0.2) is 0 Å². The molecule has 154 valence electrons. The topological polar surface area (TPSA) is 32.8 Å². The summed E-state index contributed by atoms with van der Waals surface area (Å²) in [4.78, 5) is 17.2. The molecule has 2 aliphatic rings. The number of benzene rings is 2. The fraction of sp³-hybridized carbons (Fsp3) is 0.458. The Morgan fingerprint density at radius 3 is 2.59 bits per heavy atom. The smallest absolute Gasteiger partial charge is 0.227 e. The zero-order chi connectivity index (χ0) is 20.1. The molecule has 2 aromatic rings. The molecule has 1 amide bonds. The normalized spacial score (nSPS) is 22.2. The first-order chi connectivity index (χ1) is 14.1. The lowest BCUT2D eigenvalue weighted by Gasteiger charge is -2.40. The third-order valence-electron chi connectivity index (χ3n) is 6.22. The monoisotopic (exact) mass is 396 g/mol. The third kappa shape index (κ3) is 5.15. The Balaban J connectivity index is 1.27. The molecule has 1 spiro atoms. The molecule has 0 aromatic heterocycles. The van der Waals surface area contributed by atoms with Gasteiger partial charge in [-0.2, -0.15) is 0 Å². The predicted octanol–water partition coefficient (Wildman–Crippen LogP) is 3.76. The van der Waals surface area contributed by atoms with Crippen molar-refractivity contribution in [1.29, 1.82) is 0 Å². The van der Waals surface area contributed by atoms with E-state index in [4.69, 9.17) is 4.74 Å².